The van der Waals surface area contributed by atoms with Crippen LogP contribution in [0.15, 0.2) is 30.3 Å². The van der Waals surface area contributed by atoms with Gasteiger partial charge in [0.15, 0.2) is 0 Å². The largest absolute Gasteiger partial charge is 0.0654 e. The zero-order valence-corrected chi connectivity index (χ0v) is 15.9. The highest BCUT2D eigenvalue weighted by Crippen LogP contribution is 2.22. The summed E-state index contributed by atoms with van der Waals surface area (Å²) < 4.78 is 0. The standard InChI is InChI=1S/C23H40/c1-3-4-5-6-7-8-9-10-11-12-13-14-16-19-22(2)23-20-17-15-18-21-23/h15,17-18,20-22H,3-14,16,19H2,1-2H3. The number of rotatable bonds is 15. The highest BCUT2D eigenvalue weighted by atomic mass is 14.1. The summed E-state index contributed by atoms with van der Waals surface area (Å²) in [6.45, 7) is 4.66. The van der Waals surface area contributed by atoms with E-state index in [1.807, 2.05) is 0 Å². The van der Waals surface area contributed by atoms with Gasteiger partial charge in [0.25, 0.3) is 0 Å². The van der Waals surface area contributed by atoms with E-state index in [2.05, 4.69) is 44.2 Å². The molecule has 0 heteroatoms. The lowest BCUT2D eigenvalue weighted by Crippen LogP contribution is -1.93. The van der Waals surface area contributed by atoms with E-state index < -0.39 is 0 Å². The molecule has 0 aliphatic carbocycles. The Kier molecular flexibility index (Phi) is 13.0. The molecule has 0 saturated carbocycles. The van der Waals surface area contributed by atoms with Crippen LogP contribution in [0.4, 0.5) is 0 Å². The van der Waals surface area contributed by atoms with Gasteiger partial charge in [-0.15, -0.1) is 0 Å². The van der Waals surface area contributed by atoms with Crippen molar-refractivity contribution in [3.63, 3.8) is 0 Å². The van der Waals surface area contributed by atoms with Crippen molar-refractivity contribution in [2.75, 3.05) is 0 Å². The minimum absolute atomic E-state index is 0.726. The van der Waals surface area contributed by atoms with E-state index >= 15 is 0 Å². The first-order valence-corrected chi connectivity index (χ1v) is 10.4. The van der Waals surface area contributed by atoms with Crippen molar-refractivity contribution in [2.45, 2.75) is 110 Å². The van der Waals surface area contributed by atoms with Crippen molar-refractivity contribution in [3.8, 4) is 0 Å². The highest BCUT2D eigenvalue weighted by molar-refractivity contribution is 5.18. The predicted molar refractivity (Wildman–Crippen MR) is 105 cm³/mol. The Hall–Kier alpha value is -0.780. The Labute approximate surface area is 146 Å². The van der Waals surface area contributed by atoms with Crippen LogP contribution in [0.1, 0.15) is 115 Å². The van der Waals surface area contributed by atoms with Crippen LogP contribution in [-0.4, -0.2) is 0 Å². The molecule has 0 fully saturated rings. The van der Waals surface area contributed by atoms with Gasteiger partial charge in [0.2, 0.25) is 0 Å². The summed E-state index contributed by atoms with van der Waals surface area (Å²) in [4.78, 5) is 0. The third-order valence-corrected chi connectivity index (χ3v) is 5.11. The molecule has 0 amide bonds. The fourth-order valence-corrected chi connectivity index (χ4v) is 3.42. The predicted octanol–water partition coefficient (Wildman–Crippen LogP) is 8.27. The molecule has 0 radical (unpaired) electrons. The molecule has 0 nitrogen and oxygen atoms in total. The Morgan fingerprint density at radius 2 is 1.04 bits per heavy atom. The molecule has 132 valence electrons. The molecule has 0 aliphatic rings. The van der Waals surface area contributed by atoms with Crippen LogP contribution in [0.25, 0.3) is 0 Å². The zero-order chi connectivity index (χ0) is 16.6. The summed E-state index contributed by atoms with van der Waals surface area (Å²) >= 11 is 0. The number of unbranched alkanes of at least 4 members (excludes halogenated alkanes) is 12. The third kappa shape index (κ3) is 11.4. The second kappa shape index (κ2) is 14.8. The van der Waals surface area contributed by atoms with E-state index in [1.54, 1.807) is 0 Å². The molecular weight excluding hydrogens is 276 g/mol. The molecule has 0 N–H and O–H groups in total. The molecule has 1 atom stereocenters. The Morgan fingerprint density at radius 1 is 0.609 bits per heavy atom. The Bertz CT molecular complexity index is 340. The molecule has 0 bridgehead atoms. The van der Waals surface area contributed by atoms with Crippen molar-refractivity contribution in [1.82, 2.24) is 0 Å². The van der Waals surface area contributed by atoms with E-state index in [-0.39, 0.29) is 0 Å². The van der Waals surface area contributed by atoms with Gasteiger partial charge in [0.05, 0.1) is 0 Å². The van der Waals surface area contributed by atoms with Crippen molar-refractivity contribution in [3.05, 3.63) is 35.9 Å². The fraction of sp³-hybridized carbons (Fsp3) is 0.739. The number of hydrogen-bond donors (Lipinski definition) is 0. The molecule has 0 heterocycles. The quantitative estimate of drug-likeness (QED) is 0.286. The molecule has 23 heavy (non-hydrogen) atoms. The topological polar surface area (TPSA) is 0 Å². The highest BCUT2D eigenvalue weighted by Gasteiger charge is 2.03. The molecular formula is C23H40. The minimum atomic E-state index is 0.726. The van der Waals surface area contributed by atoms with Crippen molar-refractivity contribution in [1.29, 1.82) is 0 Å². The summed E-state index contributed by atoms with van der Waals surface area (Å²) in [7, 11) is 0. The van der Waals surface area contributed by atoms with Crippen LogP contribution in [0.5, 0.6) is 0 Å². The number of hydrogen-bond acceptors (Lipinski definition) is 0. The summed E-state index contributed by atoms with van der Waals surface area (Å²) in [5.41, 5.74) is 1.51. The van der Waals surface area contributed by atoms with Gasteiger partial charge in [-0.05, 0) is 17.9 Å². The van der Waals surface area contributed by atoms with Gasteiger partial charge in [-0.25, -0.2) is 0 Å². The molecule has 0 saturated heterocycles. The van der Waals surface area contributed by atoms with Crippen LogP contribution in [-0.2, 0) is 0 Å². The number of benzene rings is 1. The average Bonchev–Trinajstić information content (AvgIpc) is 2.59. The molecule has 1 rings (SSSR count). The molecule has 0 spiro atoms. The summed E-state index contributed by atoms with van der Waals surface area (Å²) in [5.74, 6) is 0.726. The maximum Gasteiger partial charge on any atom is -0.0190 e. The van der Waals surface area contributed by atoms with Crippen LogP contribution in [0.2, 0.25) is 0 Å². The second-order valence-corrected chi connectivity index (χ2v) is 7.34. The van der Waals surface area contributed by atoms with Crippen molar-refractivity contribution >= 4 is 0 Å². The first-order chi connectivity index (χ1) is 11.3. The molecule has 1 aromatic carbocycles. The Balaban J connectivity index is 1.81. The van der Waals surface area contributed by atoms with Gasteiger partial charge in [-0.2, -0.15) is 0 Å². The maximum atomic E-state index is 2.37. The van der Waals surface area contributed by atoms with Gasteiger partial charge >= 0.3 is 0 Å². The van der Waals surface area contributed by atoms with E-state index in [0.717, 1.165) is 5.92 Å². The molecule has 0 aliphatic heterocycles. The minimum Gasteiger partial charge on any atom is -0.0654 e. The molecule has 0 aromatic heterocycles. The summed E-state index contributed by atoms with van der Waals surface area (Å²) in [6.07, 6.45) is 20.1. The molecule has 1 unspecified atom stereocenters. The smallest absolute Gasteiger partial charge is 0.0190 e. The van der Waals surface area contributed by atoms with E-state index in [4.69, 9.17) is 0 Å². The SMILES string of the molecule is CCCCCCCCCCCCCCCC(C)c1ccccc1. The lowest BCUT2D eigenvalue weighted by Gasteiger charge is -2.11. The van der Waals surface area contributed by atoms with Crippen LogP contribution < -0.4 is 0 Å². The van der Waals surface area contributed by atoms with Crippen molar-refractivity contribution < 1.29 is 0 Å². The fourth-order valence-electron chi connectivity index (χ4n) is 3.42. The van der Waals surface area contributed by atoms with E-state index in [0.29, 0.717) is 0 Å². The zero-order valence-electron chi connectivity index (χ0n) is 15.9. The summed E-state index contributed by atoms with van der Waals surface area (Å²) in [6, 6.07) is 11.0. The van der Waals surface area contributed by atoms with Crippen LogP contribution in [0.3, 0.4) is 0 Å². The lowest BCUT2D eigenvalue weighted by atomic mass is 9.95. The van der Waals surface area contributed by atoms with Crippen LogP contribution in [0, 0.1) is 0 Å². The second-order valence-electron chi connectivity index (χ2n) is 7.34. The first kappa shape index (κ1) is 20.3. The van der Waals surface area contributed by atoms with Crippen LogP contribution >= 0.6 is 0 Å². The Morgan fingerprint density at radius 3 is 1.52 bits per heavy atom. The first-order valence-electron chi connectivity index (χ1n) is 10.4. The van der Waals surface area contributed by atoms with Gasteiger partial charge < -0.3 is 0 Å². The van der Waals surface area contributed by atoms with Crippen molar-refractivity contribution in [2.24, 2.45) is 0 Å². The maximum absolute atomic E-state index is 2.37. The van der Waals surface area contributed by atoms with Gasteiger partial charge in [0.1, 0.15) is 0 Å². The normalized spacial score (nSPS) is 12.4. The lowest BCUT2D eigenvalue weighted by molar-refractivity contribution is 0.526. The molecule has 1 aromatic rings. The average molecular weight is 317 g/mol. The van der Waals surface area contributed by atoms with Gasteiger partial charge in [-0.1, -0.05) is 128 Å². The van der Waals surface area contributed by atoms with E-state index in [1.165, 1.54) is 95.5 Å². The van der Waals surface area contributed by atoms with Gasteiger partial charge in [-0.3, -0.25) is 0 Å². The summed E-state index contributed by atoms with van der Waals surface area (Å²) in [5, 5.41) is 0. The van der Waals surface area contributed by atoms with E-state index in [9.17, 15) is 0 Å². The third-order valence-electron chi connectivity index (χ3n) is 5.11. The van der Waals surface area contributed by atoms with Gasteiger partial charge in [0, 0.05) is 0 Å². The monoisotopic (exact) mass is 316 g/mol.